The van der Waals surface area contributed by atoms with E-state index in [0.29, 0.717) is 6.92 Å². The Morgan fingerprint density at radius 1 is 1.09 bits per heavy atom. The molecule has 0 aliphatic carbocycles. The van der Waals surface area contributed by atoms with Gasteiger partial charge < -0.3 is 0 Å². The van der Waals surface area contributed by atoms with Crippen molar-refractivity contribution >= 4 is 0 Å². The van der Waals surface area contributed by atoms with E-state index in [2.05, 4.69) is 0 Å². The van der Waals surface area contributed by atoms with Crippen molar-refractivity contribution in [3.05, 3.63) is 0 Å². The molecule has 0 radical (unpaired) electrons. The first-order valence-corrected chi connectivity index (χ1v) is 3.16. The summed E-state index contributed by atoms with van der Waals surface area (Å²) in [7, 11) is 0. The first-order chi connectivity index (χ1) is 4.72. The van der Waals surface area contributed by atoms with Crippen LogP contribution in [-0.2, 0) is 0 Å². The zero-order valence-electron chi connectivity index (χ0n) is 6.17. The van der Waals surface area contributed by atoms with Gasteiger partial charge in [0.2, 0.25) is 0 Å². The summed E-state index contributed by atoms with van der Waals surface area (Å²) >= 11 is 0. The molecule has 0 bridgehead atoms. The topological polar surface area (TPSA) is 0 Å². The highest BCUT2D eigenvalue weighted by Crippen LogP contribution is 2.39. The summed E-state index contributed by atoms with van der Waals surface area (Å²) in [6.07, 6.45) is -5.59. The summed E-state index contributed by atoms with van der Waals surface area (Å²) in [4.78, 5) is 0. The predicted molar refractivity (Wildman–Crippen MR) is 30.5 cm³/mol. The average molecular weight is 176 g/mol. The molecule has 0 fully saturated rings. The van der Waals surface area contributed by atoms with Crippen LogP contribution in [0.1, 0.15) is 20.3 Å². The van der Waals surface area contributed by atoms with E-state index in [1.165, 1.54) is 0 Å². The minimum Gasteiger partial charge on any atom is -0.206 e. The van der Waals surface area contributed by atoms with E-state index < -0.39 is 24.4 Å². The SMILES string of the molecule is CCC(F)(F)C(C)C(F)(F)F. The molecule has 0 heterocycles. The maximum Gasteiger partial charge on any atom is 0.397 e. The number of hydrogen-bond acceptors (Lipinski definition) is 0. The molecule has 0 N–H and O–H groups in total. The van der Waals surface area contributed by atoms with Crippen LogP contribution < -0.4 is 0 Å². The lowest BCUT2D eigenvalue weighted by molar-refractivity contribution is -0.234. The maximum absolute atomic E-state index is 12.3. The van der Waals surface area contributed by atoms with Gasteiger partial charge in [-0.25, -0.2) is 8.78 Å². The summed E-state index contributed by atoms with van der Waals surface area (Å²) in [6, 6.07) is 0. The van der Waals surface area contributed by atoms with Crippen molar-refractivity contribution in [2.24, 2.45) is 5.92 Å². The van der Waals surface area contributed by atoms with Crippen molar-refractivity contribution in [3.63, 3.8) is 0 Å². The fraction of sp³-hybridized carbons (Fsp3) is 1.00. The van der Waals surface area contributed by atoms with Crippen molar-refractivity contribution in [3.8, 4) is 0 Å². The molecule has 0 aromatic heterocycles. The standard InChI is InChI=1S/C6H9F5/c1-3-5(7,8)4(2)6(9,10)11/h4H,3H2,1-2H3. The van der Waals surface area contributed by atoms with Gasteiger partial charge in [0.1, 0.15) is 5.92 Å². The van der Waals surface area contributed by atoms with Gasteiger partial charge in [-0.05, 0) is 6.92 Å². The lowest BCUT2D eigenvalue weighted by Gasteiger charge is -2.24. The lowest BCUT2D eigenvalue weighted by atomic mass is 10.0. The van der Waals surface area contributed by atoms with Crippen molar-refractivity contribution in [1.29, 1.82) is 0 Å². The Kier molecular flexibility index (Phi) is 2.85. The Bertz CT molecular complexity index is 125. The molecule has 0 aromatic rings. The third-order valence-electron chi connectivity index (χ3n) is 1.60. The minimum absolute atomic E-state index is 0.490. The summed E-state index contributed by atoms with van der Waals surface area (Å²) in [5, 5.41) is 0. The molecule has 0 saturated heterocycles. The highest BCUT2D eigenvalue weighted by atomic mass is 19.4. The second-order valence-electron chi connectivity index (χ2n) is 2.38. The Balaban J connectivity index is 4.35. The molecule has 1 unspecified atom stereocenters. The van der Waals surface area contributed by atoms with Crippen LogP contribution in [0.3, 0.4) is 0 Å². The van der Waals surface area contributed by atoms with Gasteiger partial charge in [-0.15, -0.1) is 0 Å². The van der Waals surface area contributed by atoms with E-state index in [-0.39, 0.29) is 0 Å². The van der Waals surface area contributed by atoms with Gasteiger partial charge in [0.05, 0.1) is 0 Å². The Morgan fingerprint density at radius 2 is 1.45 bits per heavy atom. The van der Waals surface area contributed by atoms with E-state index >= 15 is 0 Å². The van der Waals surface area contributed by atoms with Crippen LogP contribution in [0.25, 0.3) is 0 Å². The molecule has 0 aliphatic heterocycles. The Labute approximate surface area is 61.4 Å². The predicted octanol–water partition coefficient (Wildman–Crippen LogP) is 3.23. The van der Waals surface area contributed by atoms with E-state index in [0.717, 1.165) is 6.92 Å². The van der Waals surface area contributed by atoms with Gasteiger partial charge in [-0.3, -0.25) is 0 Å². The Hall–Kier alpha value is -0.350. The van der Waals surface area contributed by atoms with Crippen LogP contribution in [0, 0.1) is 5.92 Å². The zero-order chi connectivity index (χ0) is 9.28. The van der Waals surface area contributed by atoms with Crippen LogP contribution in [0.15, 0.2) is 0 Å². The van der Waals surface area contributed by atoms with Crippen molar-refractivity contribution in [2.75, 3.05) is 0 Å². The molecule has 5 heteroatoms. The summed E-state index contributed by atoms with van der Waals surface area (Å²) in [5.74, 6) is -6.20. The van der Waals surface area contributed by atoms with Gasteiger partial charge in [0.25, 0.3) is 5.92 Å². The largest absolute Gasteiger partial charge is 0.397 e. The highest BCUT2D eigenvalue weighted by Gasteiger charge is 2.51. The Morgan fingerprint density at radius 3 is 1.55 bits per heavy atom. The first-order valence-electron chi connectivity index (χ1n) is 3.16. The molecule has 0 spiro atoms. The molecule has 1 atom stereocenters. The summed E-state index contributed by atoms with van der Waals surface area (Å²) in [5.41, 5.74) is 0. The van der Waals surface area contributed by atoms with E-state index in [9.17, 15) is 22.0 Å². The molecule has 0 nitrogen and oxygen atoms in total. The van der Waals surface area contributed by atoms with Crippen LogP contribution in [0.2, 0.25) is 0 Å². The van der Waals surface area contributed by atoms with Crippen LogP contribution >= 0.6 is 0 Å². The van der Waals surface area contributed by atoms with E-state index in [1.54, 1.807) is 0 Å². The summed E-state index contributed by atoms with van der Waals surface area (Å²) < 4.78 is 59.6. The molecular weight excluding hydrogens is 167 g/mol. The number of rotatable bonds is 2. The fourth-order valence-corrected chi connectivity index (χ4v) is 0.546. The van der Waals surface area contributed by atoms with Crippen LogP contribution in [0.5, 0.6) is 0 Å². The highest BCUT2D eigenvalue weighted by molar-refractivity contribution is 4.77. The van der Waals surface area contributed by atoms with Crippen LogP contribution in [-0.4, -0.2) is 12.1 Å². The van der Waals surface area contributed by atoms with Gasteiger partial charge in [-0.1, -0.05) is 6.92 Å². The van der Waals surface area contributed by atoms with Crippen LogP contribution in [0.4, 0.5) is 22.0 Å². The quantitative estimate of drug-likeness (QED) is 0.566. The molecule has 0 rings (SSSR count). The molecule has 11 heavy (non-hydrogen) atoms. The third kappa shape index (κ3) is 2.63. The monoisotopic (exact) mass is 176 g/mol. The van der Waals surface area contributed by atoms with Crippen molar-refractivity contribution in [2.45, 2.75) is 32.4 Å². The third-order valence-corrected chi connectivity index (χ3v) is 1.60. The molecule has 0 aliphatic rings. The normalized spacial score (nSPS) is 16.6. The fourth-order valence-electron chi connectivity index (χ4n) is 0.546. The average Bonchev–Trinajstić information content (AvgIpc) is 1.84. The number of halogens is 5. The second-order valence-corrected chi connectivity index (χ2v) is 2.38. The molecule has 68 valence electrons. The molecule has 0 aromatic carbocycles. The van der Waals surface area contributed by atoms with E-state index in [4.69, 9.17) is 0 Å². The van der Waals surface area contributed by atoms with Crippen molar-refractivity contribution in [1.82, 2.24) is 0 Å². The second kappa shape index (κ2) is 2.95. The van der Waals surface area contributed by atoms with Gasteiger partial charge >= 0.3 is 6.18 Å². The molecule has 0 amide bonds. The number of alkyl halides is 5. The van der Waals surface area contributed by atoms with Gasteiger partial charge in [0.15, 0.2) is 0 Å². The minimum atomic E-state index is -4.81. The maximum atomic E-state index is 12.3. The van der Waals surface area contributed by atoms with E-state index in [1.807, 2.05) is 0 Å². The molecular formula is C6H9F5. The zero-order valence-corrected chi connectivity index (χ0v) is 6.17. The summed E-state index contributed by atoms with van der Waals surface area (Å²) in [6.45, 7) is 1.52. The lowest BCUT2D eigenvalue weighted by Crippen LogP contribution is -2.36. The first kappa shape index (κ1) is 10.7. The molecule has 0 saturated carbocycles. The van der Waals surface area contributed by atoms with Crippen molar-refractivity contribution < 1.29 is 22.0 Å². The van der Waals surface area contributed by atoms with Gasteiger partial charge in [0, 0.05) is 6.42 Å². The van der Waals surface area contributed by atoms with Gasteiger partial charge in [-0.2, -0.15) is 13.2 Å². The number of hydrogen-bond donors (Lipinski definition) is 0. The smallest absolute Gasteiger partial charge is 0.206 e.